The van der Waals surface area contributed by atoms with E-state index in [2.05, 4.69) is 4.72 Å². The zero-order valence-corrected chi connectivity index (χ0v) is 11.9. The van der Waals surface area contributed by atoms with Crippen molar-refractivity contribution in [2.75, 3.05) is 19.8 Å². The van der Waals surface area contributed by atoms with Crippen LogP contribution in [-0.2, 0) is 16.4 Å². The van der Waals surface area contributed by atoms with Gasteiger partial charge in [0, 0.05) is 6.54 Å². The third-order valence-corrected chi connectivity index (χ3v) is 4.61. The van der Waals surface area contributed by atoms with Crippen LogP contribution in [0.25, 0.3) is 0 Å². The summed E-state index contributed by atoms with van der Waals surface area (Å²) in [6.45, 7) is 2.65. The number of hydrogen-bond donors (Lipinski definition) is 1. The highest BCUT2D eigenvalue weighted by molar-refractivity contribution is 7.90. The molecule has 7 heteroatoms. The summed E-state index contributed by atoms with van der Waals surface area (Å²) in [5.41, 5.74) is 0.946. The molecule has 1 aromatic rings. The van der Waals surface area contributed by atoms with Gasteiger partial charge in [-0.05, 0) is 31.0 Å². The van der Waals surface area contributed by atoms with Gasteiger partial charge in [0.1, 0.15) is 13.2 Å². The van der Waals surface area contributed by atoms with Gasteiger partial charge in [-0.1, -0.05) is 6.07 Å². The van der Waals surface area contributed by atoms with Crippen molar-refractivity contribution in [1.82, 2.24) is 4.72 Å². The molecule has 0 spiro atoms. The first-order chi connectivity index (χ1) is 9.53. The summed E-state index contributed by atoms with van der Waals surface area (Å²) in [5, 5.41) is 7.57. The van der Waals surface area contributed by atoms with E-state index in [4.69, 9.17) is 14.7 Å². The van der Waals surface area contributed by atoms with Gasteiger partial charge in [0.05, 0.1) is 6.07 Å². The fourth-order valence-electron chi connectivity index (χ4n) is 1.78. The molecule has 0 aliphatic carbocycles. The lowest BCUT2D eigenvalue weighted by Crippen LogP contribution is -2.33. The van der Waals surface area contributed by atoms with Crippen molar-refractivity contribution in [1.29, 1.82) is 5.26 Å². The Morgan fingerprint density at radius 2 is 2.05 bits per heavy atom. The number of nitrogens with zero attached hydrogens (tertiary/aromatic N) is 1. The van der Waals surface area contributed by atoms with Crippen LogP contribution in [0.2, 0.25) is 0 Å². The molecule has 1 aromatic carbocycles. The van der Waals surface area contributed by atoms with E-state index < -0.39 is 15.3 Å². The second kappa shape index (κ2) is 6.11. The Morgan fingerprint density at radius 1 is 1.35 bits per heavy atom. The second-order valence-electron chi connectivity index (χ2n) is 4.44. The molecule has 2 rings (SSSR count). The van der Waals surface area contributed by atoms with Gasteiger partial charge in [0.15, 0.2) is 16.7 Å². The van der Waals surface area contributed by atoms with Crippen molar-refractivity contribution in [3.05, 3.63) is 23.8 Å². The van der Waals surface area contributed by atoms with Gasteiger partial charge >= 0.3 is 0 Å². The average molecular weight is 296 g/mol. The Morgan fingerprint density at radius 3 is 2.75 bits per heavy atom. The lowest BCUT2D eigenvalue weighted by atomic mass is 10.1. The van der Waals surface area contributed by atoms with Crippen molar-refractivity contribution in [2.24, 2.45) is 0 Å². The molecule has 20 heavy (non-hydrogen) atoms. The van der Waals surface area contributed by atoms with E-state index in [9.17, 15) is 8.42 Å². The van der Waals surface area contributed by atoms with E-state index in [1.807, 2.05) is 18.2 Å². The van der Waals surface area contributed by atoms with Crippen LogP contribution >= 0.6 is 0 Å². The Bertz CT molecular complexity index is 622. The zero-order chi connectivity index (χ0) is 14.6. The van der Waals surface area contributed by atoms with Crippen LogP contribution in [-0.4, -0.2) is 33.4 Å². The molecule has 1 heterocycles. The summed E-state index contributed by atoms with van der Waals surface area (Å²) in [6.07, 6.45) is 0.522. The van der Waals surface area contributed by atoms with Gasteiger partial charge in [-0.2, -0.15) is 5.26 Å². The first-order valence-corrected chi connectivity index (χ1v) is 7.84. The smallest absolute Gasteiger partial charge is 0.227 e. The number of ether oxygens (including phenoxy) is 2. The topological polar surface area (TPSA) is 88.4 Å². The van der Waals surface area contributed by atoms with Gasteiger partial charge in [0.2, 0.25) is 10.0 Å². The molecule has 1 aliphatic rings. The van der Waals surface area contributed by atoms with Crippen molar-refractivity contribution in [3.63, 3.8) is 0 Å². The molecule has 1 unspecified atom stereocenters. The maximum Gasteiger partial charge on any atom is 0.227 e. The van der Waals surface area contributed by atoms with Crippen LogP contribution in [0.5, 0.6) is 11.5 Å². The maximum absolute atomic E-state index is 11.6. The molecule has 0 bridgehead atoms. The summed E-state index contributed by atoms with van der Waals surface area (Å²) in [5.74, 6) is 1.39. The SMILES string of the molecule is CC(C#N)S(=O)(=O)NCCc1ccc2c(c1)OCCO2. The highest BCUT2D eigenvalue weighted by atomic mass is 32.2. The summed E-state index contributed by atoms with van der Waals surface area (Å²) < 4.78 is 36.5. The lowest BCUT2D eigenvalue weighted by Gasteiger charge is -2.18. The monoisotopic (exact) mass is 296 g/mol. The Balaban J connectivity index is 1.94. The molecule has 0 aromatic heterocycles. The van der Waals surface area contributed by atoms with Crippen LogP contribution in [0.1, 0.15) is 12.5 Å². The summed E-state index contributed by atoms with van der Waals surface area (Å²) >= 11 is 0. The Labute approximate surface area is 118 Å². The van der Waals surface area contributed by atoms with Crippen LogP contribution < -0.4 is 14.2 Å². The minimum Gasteiger partial charge on any atom is -0.486 e. The minimum atomic E-state index is -3.56. The van der Waals surface area contributed by atoms with Gasteiger partial charge in [0.25, 0.3) is 0 Å². The summed E-state index contributed by atoms with van der Waals surface area (Å²) in [4.78, 5) is 0. The maximum atomic E-state index is 11.6. The van der Waals surface area contributed by atoms with E-state index in [0.717, 1.165) is 5.56 Å². The van der Waals surface area contributed by atoms with Crippen LogP contribution in [0.3, 0.4) is 0 Å². The average Bonchev–Trinajstić information content (AvgIpc) is 2.46. The van der Waals surface area contributed by atoms with Gasteiger partial charge < -0.3 is 9.47 Å². The first kappa shape index (κ1) is 14.6. The van der Waals surface area contributed by atoms with E-state index in [1.165, 1.54) is 6.92 Å². The molecule has 1 aliphatic heterocycles. The summed E-state index contributed by atoms with van der Waals surface area (Å²) in [6, 6.07) is 7.24. The molecule has 0 saturated heterocycles. The largest absolute Gasteiger partial charge is 0.486 e. The highest BCUT2D eigenvalue weighted by Gasteiger charge is 2.19. The first-order valence-electron chi connectivity index (χ1n) is 6.29. The molecule has 0 fully saturated rings. The zero-order valence-electron chi connectivity index (χ0n) is 11.1. The molecule has 108 valence electrons. The lowest BCUT2D eigenvalue weighted by molar-refractivity contribution is 0.171. The fraction of sp³-hybridized carbons (Fsp3) is 0.462. The van der Waals surface area contributed by atoms with E-state index in [0.29, 0.717) is 31.1 Å². The van der Waals surface area contributed by atoms with Crippen molar-refractivity contribution < 1.29 is 17.9 Å². The number of fused-ring (bicyclic) bond motifs is 1. The molecular weight excluding hydrogens is 280 g/mol. The fourth-order valence-corrected chi connectivity index (χ4v) is 2.55. The molecule has 6 nitrogen and oxygen atoms in total. The third-order valence-electron chi connectivity index (χ3n) is 2.97. The Hall–Kier alpha value is -1.78. The molecule has 0 saturated carbocycles. The summed E-state index contributed by atoms with van der Waals surface area (Å²) in [7, 11) is -3.56. The van der Waals surface area contributed by atoms with Crippen molar-refractivity contribution in [3.8, 4) is 17.6 Å². The number of hydrogen-bond acceptors (Lipinski definition) is 5. The normalized spacial score (nSPS) is 15.4. The highest BCUT2D eigenvalue weighted by Crippen LogP contribution is 2.30. The number of rotatable bonds is 5. The standard InChI is InChI=1S/C13H16N2O4S/c1-10(9-14)20(16,17)15-5-4-11-2-3-12-13(8-11)19-7-6-18-12/h2-3,8,10,15H,4-7H2,1H3. The van der Waals surface area contributed by atoms with Gasteiger partial charge in [-0.3, -0.25) is 0 Å². The van der Waals surface area contributed by atoms with E-state index in [1.54, 1.807) is 6.07 Å². The predicted molar refractivity (Wildman–Crippen MR) is 73.1 cm³/mol. The molecule has 0 radical (unpaired) electrons. The minimum absolute atomic E-state index is 0.244. The number of sulfonamides is 1. The van der Waals surface area contributed by atoms with Crippen LogP contribution in [0, 0.1) is 11.3 Å². The predicted octanol–water partition coefficient (Wildman–Crippen LogP) is 0.832. The van der Waals surface area contributed by atoms with E-state index in [-0.39, 0.29) is 6.54 Å². The van der Waals surface area contributed by atoms with Crippen molar-refractivity contribution in [2.45, 2.75) is 18.6 Å². The van der Waals surface area contributed by atoms with Crippen LogP contribution in [0.15, 0.2) is 18.2 Å². The Kier molecular flexibility index (Phi) is 4.47. The van der Waals surface area contributed by atoms with Crippen molar-refractivity contribution >= 4 is 10.0 Å². The number of nitrogens with one attached hydrogen (secondary N) is 1. The number of nitriles is 1. The quantitative estimate of drug-likeness (QED) is 0.869. The second-order valence-corrected chi connectivity index (χ2v) is 6.52. The number of benzene rings is 1. The van der Waals surface area contributed by atoms with Gasteiger partial charge in [-0.25, -0.2) is 13.1 Å². The van der Waals surface area contributed by atoms with Gasteiger partial charge in [-0.15, -0.1) is 0 Å². The van der Waals surface area contributed by atoms with E-state index >= 15 is 0 Å². The van der Waals surface area contributed by atoms with Crippen LogP contribution in [0.4, 0.5) is 0 Å². The molecule has 0 amide bonds. The molecule has 1 N–H and O–H groups in total. The molecule has 1 atom stereocenters. The third kappa shape index (κ3) is 3.40. The molecular formula is C13H16N2O4S.